The molecule has 1 aromatic carbocycles. The van der Waals surface area contributed by atoms with Gasteiger partial charge in [0.25, 0.3) is 0 Å². The Kier molecular flexibility index (Phi) is 6.07. The standard InChI is InChI=1S/C14H19NO6S/c1-4-9(2)12(14(18)21-3)15-22(19,20)11-7-5-10(6-8-11)13(16)17/h5-9,12,15H,4H2,1-3H3,(H,16,17)/t9-,12+/m1/s1. The highest BCUT2D eigenvalue weighted by atomic mass is 32.2. The van der Waals surface area contributed by atoms with Gasteiger partial charge in [-0.1, -0.05) is 20.3 Å². The van der Waals surface area contributed by atoms with E-state index in [1.54, 1.807) is 6.92 Å². The molecule has 0 saturated heterocycles. The van der Waals surface area contributed by atoms with Gasteiger partial charge < -0.3 is 9.84 Å². The third kappa shape index (κ3) is 4.28. The number of esters is 1. The molecule has 0 spiro atoms. The highest BCUT2D eigenvalue weighted by molar-refractivity contribution is 7.89. The van der Waals surface area contributed by atoms with E-state index in [2.05, 4.69) is 9.46 Å². The minimum atomic E-state index is -3.96. The minimum absolute atomic E-state index is 0.0228. The van der Waals surface area contributed by atoms with Crippen molar-refractivity contribution in [2.45, 2.75) is 31.2 Å². The summed E-state index contributed by atoms with van der Waals surface area (Å²) < 4.78 is 31.5. The Bertz CT molecular complexity index is 638. The normalized spacial score (nSPS) is 14.1. The number of carbonyl (C=O) groups is 2. The maximum Gasteiger partial charge on any atom is 0.335 e. The van der Waals surface area contributed by atoms with Crippen LogP contribution in [0.15, 0.2) is 29.2 Å². The predicted molar refractivity (Wildman–Crippen MR) is 79.0 cm³/mol. The van der Waals surface area contributed by atoms with Gasteiger partial charge in [-0.05, 0) is 30.2 Å². The number of hydrogen-bond donors (Lipinski definition) is 2. The Balaban J connectivity index is 3.06. The van der Waals surface area contributed by atoms with E-state index in [4.69, 9.17) is 5.11 Å². The summed E-state index contributed by atoms with van der Waals surface area (Å²) in [4.78, 5) is 22.4. The fraction of sp³-hybridized carbons (Fsp3) is 0.429. The van der Waals surface area contributed by atoms with Gasteiger partial charge in [-0.15, -0.1) is 0 Å². The van der Waals surface area contributed by atoms with Crippen LogP contribution in [0.2, 0.25) is 0 Å². The molecule has 122 valence electrons. The first-order valence-corrected chi connectivity index (χ1v) is 8.14. The summed E-state index contributed by atoms with van der Waals surface area (Å²) in [5.41, 5.74) is -0.0228. The van der Waals surface area contributed by atoms with Gasteiger partial charge in [0, 0.05) is 0 Å². The molecule has 0 amide bonds. The number of methoxy groups -OCH3 is 1. The van der Waals surface area contributed by atoms with Gasteiger partial charge in [0.1, 0.15) is 6.04 Å². The summed E-state index contributed by atoms with van der Waals surface area (Å²) >= 11 is 0. The molecule has 0 saturated carbocycles. The third-order valence-corrected chi connectivity index (χ3v) is 4.82. The molecule has 0 heterocycles. The molecule has 0 aliphatic heterocycles. The molecule has 2 N–H and O–H groups in total. The van der Waals surface area contributed by atoms with Crippen LogP contribution in [0, 0.1) is 5.92 Å². The van der Waals surface area contributed by atoms with E-state index in [-0.39, 0.29) is 16.4 Å². The monoisotopic (exact) mass is 329 g/mol. The molecule has 0 aliphatic rings. The summed E-state index contributed by atoms with van der Waals surface area (Å²) in [6.45, 7) is 3.56. The lowest BCUT2D eigenvalue weighted by molar-refractivity contribution is -0.143. The fourth-order valence-electron chi connectivity index (χ4n) is 1.77. The number of carboxylic acid groups (broad SMARTS) is 1. The lowest BCUT2D eigenvalue weighted by Crippen LogP contribution is -2.45. The van der Waals surface area contributed by atoms with Crippen LogP contribution in [0.25, 0.3) is 0 Å². The third-order valence-electron chi connectivity index (χ3n) is 3.36. The summed E-state index contributed by atoms with van der Waals surface area (Å²) in [5, 5.41) is 8.81. The van der Waals surface area contributed by atoms with Crippen LogP contribution in [-0.2, 0) is 19.6 Å². The van der Waals surface area contributed by atoms with Crippen LogP contribution in [0.5, 0.6) is 0 Å². The van der Waals surface area contributed by atoms with Crippen LogP contribution in [0.3, 0.4) is 0 Å². The Hall–Kier alpha value is -1.93. The van der Waals surface area contributed by atoms with Crippen LogP contribution in [0.1, 0.15) is 30.6 Å². The van der Waals surface area contributed by atoms with Crippen LogP contribution >= 0.6 is 0 Å². The lowest BCUT2D eigenvalue weighted by atomic mass is 10.0. The molecule has 0 radical (unpaired) electrons. The Morgan fingerprint density at radius 2 is 1.82 bits per heavy atom. The zero-order valence-electron chi connectivity index (χ0n) is 12.6. The van der Waals surface area contributed by atoms with Crippen molar-refractivity contribution in [3.63, 3.8) is 0 Å². The number of aromatic carboxylic acids is 1. The summed E-state index contributed by atoms with van der Waals surface area (Å²) in [5.74, 6) is -2.07. The molecule has 0 aromatic heterocycles. The number of carbonyl (C=O) groups excluding carboxylic acids is 1. The van der Waals surface area contributed by atoms with E-state index in [1.807, 2.05) is 6.92 Å². The second-order valence-electron chi connectivity index (χ2n) is 4.84. The number of benzene rings is 1. The van der Waals surface area contributed by atoms with Crippen molar-refractivity contribution >= 4 is 22.0 Å². The van der Waals surface area contributed by atoms with Gasteiger partial charge in [-0.2, -0.15) is 4.72 Å². The Morgan fingerprint density at radius 3 is 2.23 bits per heavy atom. The highest BCUT2D eigenvalue weighted by Gasteiger charge is 2.30. The van der Waals surface area contributed by atoms with E-state index in [0.29, 0.717) is 6.42 Å². The number of ether oxygens (including phenoxy) is 1. The van der Waals surface area contributed by atoms with Gasteiger partial charge in [0.2, 0.25) is 10.0 Å². The molecule has 1 aromatic rings. The fourth-order valence-corrected chi connectivity index (χ4v) is 3.06. The summed E-state index contributed by atoms with van der Waals surface area (Å²) in [7, 11) is -2.77. The second-order valence-corrected chi connectivity index (χ2v) is 6.55. The predicted octanol–water partition coefficient (Wildman–Crippen LogP) is 1.25. The second kappa shape index (κ2) is 7.37. The van der Waals surface area contributed by atoms with Crippen molar-refractivity contribution < 1.29 is 27.9 Å². The number of carboxylic acids is 1. The molecule has 0 aliphatic carbocycles. The van der Waals surface area contributed by atoms with Gasteiger partial charge in [-0.25, -0.2) is 13.2 Å². The van der Waals surface area contributed by atoms with Crippen molar-refractivity contribution in [3.8, 4) is 0 Å². The Morgan fingerprint density at radius 1 is 1.27 bits per heavy atom. The van der Waals surface area contributed by atoms with Crippen molar-refractivity contribution in [1.29, 1.82) is 0 Å². The summed E-state index contributed by atoms with van der Waals surface area (Å²) in [6, 6.07) is 3.73. The average Bonchev–Trinajstić information content (AvgIpc) is 2.51. The SMILES string of the molecule is CC[C@@H](C)[C@H](NS(=O)(=O)c1ccc(C(=O)O)cc1)C(=O)OC. The van der Waals surface area contributed by atoms with Crippen molar-refractivity contribution in [3.05, 3.63) is 29.8 Å². The molecular formula is C14H19NO6S. The average molecular weight is 329 g/mol. The van der Waals surface area contributed by atoms with E-state index in [0.717, 1.165) is 0 Å². The first-order valence-electron chi connectivity index (χ1n) is 6.66. The van der Waals surface area contributed by atoms with Gasteiger partial charge in [0.15, 0.2) is 0 Å². The van der Waals surface area contributed by atoms with Gasteiger partial charge >= 0.3 is 11.9 Å². The molecule has 0 unspecified atom stereocenters. The molecule has 7 nitrogen and oxygen atoms in total. The number of nitrogens with one attached hydrogen (secondary N) is 1. The molecule has 8 heteroatoms. The molecule has 2 atom stereocenters. The lowest BCUT2D eigenvalue weighted by Gasteiger charge is -2.21. The first kappa shape index (κ1) is 18.1. The highest BCUT2D eigenvalue weighted by Crippen LogP contribution is 2.15. The topological polar surface area (TPSA) is 110 Å². The number of sulfonamides is 1. The zero-order chi connectivity index (χ0) is 16.9. The van der Waals surface area contributed by atoms with Crippen molar-refractivity contribution in [2.24, 2.45) is 5.92 Å². The molecule has 1 rings (SSSR count). The maximum absolute atomic E-state index is 12.3. The van der Waals surface area contributed by atoms with Crippen molar-refractivity contribution in [2.75, 3.05) is 7.11 Å². The largest absolute Gasteiger partial charge is 0.478 e. The van der Waals surface area contributed by atoms with E-state index in [1.165, 1.54) is 31.4 Å². The van der Waals surface area contributed by atoms with E-state index in [9.17, 15) is 18.0 Å². The molecule has 0 bridgehead atoms. The zero-order valence-corrected chi connectivity index (χ0v) is 13.4. The quantitative estimate of drug-likeness (QED) is 0.729. The minimum Gasteiger partial charge on any atom is -0.478 e. The van der Waals surface area contributed by atoms with Crippen LogP contribution < -0.4 is 4.72 Å². The Labute approximate surface area is 129 Å². The van der Waals surface area contributed by atoms with E-state index < -0.39 is 28.0 Å². The van der Waals surface area contributed by atoms with E-state index >= 15 is 0 Å². The first-order chi connectivity index (χ1) is 10.2. The van der Waals surface area contributed by atoms with Crippen LogP contribution in [0.4, 0.5) is 0 Å². The smallest absolute Gasteiger partial charge is 0.335 e. The maximum atomic E-state index is 12.3. The summed E-state index contributed by atoms with van der Waals surface area (Å²) in [6.07, 6.45) is 0.584. The number of hydrogen-bond acceptors (Lipinski definition) is 5. The number of rotatable bonds is 7. The molecule has 22 heavy (non-hydrogen) atoms. The van der Waals surface area contributed by atoms with Gasteiger partial charge in [0.05, 0.1) is 17.6 Å². The van der Waals surface area contributed by atoms with Gasteiger partial charge in [-0.3, -0.25) is 4.79 Å². The molecule has 0 fully saturated rings. The van der Waals surface area contributed by atoms with Crippen molar-refractivity contribution in [1.82, 2.24) is 4.72 Å². The van der Waals surface area contributed by atoms with Crippen LogP contribution in [-0.4, -0.2) is 38.6 Å². The molecular weight excluding hydrogens is 310 g/mol.